The van der Waals surface area contributed by atoms with Crippen LogP contribution in [0.5, 0.6) is 5.75 Å². The molecule has 0 bridgehead atoms. The standard InChI is InChI=1S/C18H23N3O3S/c1-24-16-6-4-15(5-7-16)10-11-19-18-9-8-17(14-20-18)25(22,23)21-12-2-3-13-21/h4-9,14H,2-3,10-13H2,1H3,(H,19,20). The number of nitrogens with zero attached hydrogens (tertiary/aromatic N) is 2. The van der Waals surface area contributed by atoms with E-state index in [1.807, 2.05) is 24.3 Å². The first-order valence-corrected chi connectivity index (χ1v) is 9.86. The molecule has 0 radical (unpaired) electrons. The molecule has 2 aromatic rings. The Kier molecular flexibility index (Phi) is 5.55. The molecule has 0 saturated carbocycles. The van der Waals surface area contributed by atoms with Crippen molar-refractivity contribution in [3.05, 3.63) is 48.2 Å². The molecule has 1 aromatic carbocycles. The van der Waals surface area contributed by atoms with Gasteiger partial charge in [-0.1, -0.05) is 12.1 Å². The SMILES string of the molecule is COc1ccc(CCNc2ccc(S(=O)(=O)N3CCCC3)cn2)cc1. The molecule has 0 atom stereocenters. The minimum Gasteiger partial charge on any atom is -0.497 e. The number of benzene rings is 1. The molecule has 0 amide bonds. The Labute approximate surface area is 148 Å². The van der Waals surface area contributed by atoms with Crippen molar-refractivity contribution in [2.24, 2.45) is 0 Å². The average Bonchev–Trinajstić information content (AvgIpc) is 3.18. The van der Waals surface area contributed by atoms with E-state index in [2.05, 4.69) is 10.3 Å². The molecular formula is C18H23N3O3S. The van der Waals surface area contributed by atoms with Crippen molar-refractivity contribution in [1.29, 1.82) is 0 Å². The number of aromatic nitrogens is 1. The number of nitrogens with one attached hydrogen (secondary N) is 1. The Hall–Kier alpha value is -2.12. The molecule has 1 aliphatic heterocycles. The van der Waals surface area contributed by atoms with Gasteiger partial charge in [0.1, 0.15) is 16.5 Å². The Balaban J connectivity index is 1.55. The van der Waals surface area contributed by atoms with Crippen LogP contribution < -0.4 is 10.1 Å². The number of methoxy groups -OCH3 is 1. The summed E-state index contributed by atoms with van der Waals surface area (Å²) in [5, 5.41) is 3.22. The summed E-state index contributed by atoms with van der Waals surface area (Å²) in [5.74, 6) is 1.52. The minimum atomic E-state index is -3.39. The van der Waals surface area contributed by atoms with Gasteiger partial charge in [-0.3, -0.25) is 0 Å². The van der Waals surface area contributed by atoms with Crippen LogP contribution in [0.4, 0.5) is 5.82 Å². The van der Waals surface area contributed by atoms with Gasteiger partial charge in [0.05, 0.1) is 7.11 Å². The van der Waals surface area contributed by atoms with Crippen LogP contribution in [-0.2, 0) is 16.4 Å². The summed E-state index contributed by atoms with van der Waals surface area (Å²) in [6, 6.07) is 11.3. The number of rotatable bonds is 7. The van der Waals surface area contributed by atoms with Gasteiger partial charge in [0.15, 0.2) is 0 Å². The molecule has 2 heterocycles. The van der Waals surface area contributed by atoms with Gasteiger partial charge in [0.25, 0.3) is 0 Å². The van der Waals surface area contributed by atoms with Gasteiger partial charge in [0.2, 0.25) is 10.0 Å². The second-order valence-electron chi connectivity index (χ2n) is 6.02. The van der Waals surface area contributed by atoms with E-state index in [0.717, 1.165) is 31.6 Å². The van der Waals surface area contributed by atoms with Gasteiger partial charge in [-0.2, -0.15) is 4.31 Å². The summed E-state index contributed by atoms with van der Waals surface area (Å²) in [5.41, 5.74) is 1.20. The van der Waals surface area contributed by atoms with Crippen LogP contribution in [0.25, 0.3) is 0 Å². The van der Waals surface area contributed by atoms with Crippen molar-refractivity contribution in [1.82, 2.24) is 9.29 Å². The zero-order chi connectivity index (χ0) is 17.7. The second-order valence-corrected chi connectivity index (χ2v) is 7.95. The van der Waals surface area contributed by atoms with Gasteiger partial charge in [-0.15, -0.1) is 0 Å². The molecule has 1 aliphatic rings. The quantitative estimate of drug-likeness (QED) is 0.820. The summed E-state index contributed by atoms with van der Waals surface area (Å²) in [6.45, 7) is 1.92. The van der Waals surface area contributed by atoms with Crippen molar-refractivity contribution < 1.29 is 13.2 Å². The van der Waals surface area contributed by atoms with E-state index in [4.69, 9.17) is 4.74 Å². The van der Waals surface area contributed by atoms with E-state index in [-0.39, 0.29) is 4.90 Å². The van der Waals surface area contributed by atoms with Crippen LogP contribution in [0, 0.1) is 0 Å². The van der Waals surface area contributed by atoms with E-state index in [1.54, 1.807) is 19.2 Å². The first kappa shape index (κ1) is 17.7. The number of anilines is 1. The third kappa shape index (κ3) is 4.29. The molecule has 1 N–H and O–H groups in total. The van der Waals surface area contributed by atoms with Crippen LogP contribution in [-0.4, -0.2) is 44.5 Å². The first-order valence-electron chi connectivity index (χ1n) is 8.42. The van der Waals surface area contributed by atoms with E-state index in [1.165, 1.54) is 16.1 Å². The molecule has 3 rings (SSSR count). The molecule has 134 valence electrons. The maximum absolute atomic E-state index is 12.5. The van der Waals surface area contributed by atoms with Crippen molar-refractivity contribution in [2.75, 3.05) is 32.1 Å². The van der Waals surface area contributed by atoms with Crippen molar-refractivity contribution >= 4 is 15.8 Å². The number of hydrogen-bond acceptors (Lipinski definition) is 5. The van der Waals surface area contributed by atoms with Crippen molar-refractivity contribution in [2.45, 2.75) is 24.2 Å². The summed E-state index contributed by atoms with van der Waals surface area (Å²) in [7, 11) is -1.75. The molecule has 6 nitrogen and oxygen atoms in total. The molecule has 0 spiro atoms. The van der Waals surface area contributed by atoms with Crippen LogP contribution in [0.15, 0.2) is 47.5 Å². The third-order valence-electron chi connectivity index (χ3n) is 4.32. The lowest BCUT2D eigenvalue weighted by Crippen LogP contribution is -2.27. The Morgan fingerprint density at radius 3 is 2.44 bits per heavy atom. The molecule has 0 unspecified atom stereocenters. The zero-order valence-electron chi connectivity index (χ0n) is 14.3. The number of sulfonamides is 1. The highest BCUT2D eigenvalue weighted by Gasteiger charge is 2.27. The predicted octanol–water partition coefficient (Wildman–Crippen LogP) is 2.53. The summed E-state index contributed by atoms with van der Waals surface area (Å²) in [6.07, 6.45) is 4.14. The van der Waals surface area contributed by atoms with E-state index < -0.39 is 10.0 Å². The molecule has 1 aromatic heterocycles. The van der Waals surface area contributed by atoms with Crippen molar-refractivity contribution in [3.8, 4) is 5.75 Å². The van der Waals surface area contributed by atoms with Crippen LogP contribution in [0.1, 0.15) is 18.4 Å². The normalized spacial score (nSPS) is 15.2. The molecule has 7 heteroatoms. The first-order chi connectivity index (χ1) is 12.1. The monoisotopic (exact) mass is 361 g/mol. The lowest BCUT2D eigenvalue weighted by Gasteiger charge is -2.15. The molecular weight excluding hydrogens is 338 g/mol. The average molecular weight is 361 g/mol. The summed E-state index contributed by atoms with van der Waals surface area (Å²) in [4.78, 5) is 4.50. The fraction of sp³-hybridized carbons (Fsp3) is 0.389. The highest BCUT2D eigenvalue weighted by Crippen LogP contribution is 2.21. The van der Waals surface area contributed by atoms with Gasteiger partial charge in [0, 0.05) is 25.8 Å². The summed E-state index contributed by atoms with van der Waals surface area (Å²) >= 11 is 0. The minimum absolute atomic E-state index is 0.259. The smallest absolute Gasteiger partial charge is 0.244 e. The lowest BCUT2D eigenvalue weighted by molar-refractivity contribution is 0.414. The molecule has 1 fully saturated rings. The number of hydrogen-bond donors (Lipinski definition) is 1. The Morgan fingerprint density at radius 1 is 1.12 bits per heavy atom. The lowest BCUT2D eigenvalue weighted by atomic mass is 10.1. The topological polar surface area (TPSA) is 71.5 Å². The highest BCUT2D eigenvalue weighted by atomic mass is 32.2. The van der Waals surface area contributed by atoms with Crippen molar-refractivity contribution in [3.63, 3.8) is 0 Å². The Morgan fingerprint density at radius 2 is 1.84 bits per heavy atom. The fourth-order valence-electron chi connectivity index (χ4n) is 2.84. The largest absolute Gasteiger partial charge is 0.497 e. The molecule has 1 saturated heterocycles. The van der Waals surface area contributed by atoms with E-state index in [0.29, 0.717) is 18.9 Å². The van der Waals surface area contributed by atoms with Crippen LogP contribution in [0.3, 0.4) is 0 Å². The third-order valence-corrected chi connectivity index (χ3v) is 6.20. The maximum atomic E-state index is 12.5. The number of pyridine rings is 1. The van der Waals surface area contributed by atoms with Gasteiger partial charge in [-0.25, -0.2) is 13.4 Å². The predicted molar refractivity (Wildman–Crippen MR) is 97.4 cm³/mol. The molecule has 25 heavy (non-hydrogen) atoms. The van der Waals surface area contributed by atoms with Crippen LogP contribution >= 0.6 is 0 Å². The van der Waals surface area contributed by atoms with Crippen LogP contribution in [0.2, 0.25) is 0 Å². The summed E-state index contributed by atoms with van der Waals surface area (Å²) < 4.78 is 31.6. The molecule has 0 aliphatic carbocycles. The number of ether oxygens (including phenoxy) is 1. The van der Waals surface area contributed by atoms with Gasteiger partial charge < -0.3 is 10.1 Å². The highest BCUT2D eigenvalue weighted by molar-refractivity contribution is 7.89. The van der Waals surface area contributed by atoms with Gasteiger partial charge in [-0.05, 0) is 49.1 Å². The fourth-order valence-corrected chi connectivity index (χ4v) is 4.31. The van der Waals surface area contributed by atoms with Gasteiger partial charge >= 0.3 is 0 Å². The second kappa shape index (κ2) is 7.84. The van der Waals surface area contributed by atoms with E-state index >= 15 is 0 Å². The maximum Gasteiger partial charge on any atom is 0.244 e. The zero-order valence-corrected chi connectivity index (χ0v) is 15.1. The van der Waals surface area contributed by atoms with E-state index in [9.17, 15) is 8.42 Å². The Bertz CT molecular complexity index is 783.